The number of hydrogen-bond donors (Lipinski definition) is 21. The second-order valence-electron chi connectivity index (χ2n) is 25.5. The first-order valence-corrected chi connectivity index (χ1v) is 39.2. The molecule has 30 nitrogen and oxygen atoms in total. The van der Waals surface area contributed by atoms with Gasteiger partial charge in [0.1, 0.15) is 44.5 Å². The SMILES string of the molecule is COc1cc(N)c(C)c(C)c1O.Cc1c(N)cc(Br)c(O)c1Br.Cc1c(N)cc(C(C)C)c(O)c1Br.Cc1c(N)cc([N+](=O)[O-])c(O)c1[N+](=O)[O-].Cc1cc(N)c(C)c(C)c1O.Cc1cc(N)c(Cl)c(Cl)c1O.Cc1cc(O)c(C)cc1N.Nc1cc(Br)c(O)c(Br)c1CCO.Nc1cc(Cl)c(O)c(Cl)c1F.Nc1cc(F)c(O)c(F)c1F.O=C=O. The van der Waals surface area contributed by atoms with Crippen LogP contribution in [0.5, 0.6) is 63.2 Å². The van der Waals surface area contributed by atoms with Crippen molar-refractivity contribution in [1.29, 1.82) is 0 Å². The van der Waals surface area contributed by atoms with Crippen molar-refractivity contribution in [2.24, 2.45) is 0 Å². The number of nitro groups is 2. The number of aliphatic hydroxyl groups excluding tert-OH is 1. The van der Waals surface area contributed by atoms with Crippen LogP contribution in [0.15, 0.2) is 89.1 Å². The number of nitrogen functional groups attached to an aromatic ring is 10. The molecule has 0 spiro atoms. The highest BCUT2D eigenvalue weighted by molar-refractivity contribution is 9.11. The van der Waals surface area contributed by atoms with Gasteiger partial charge in [-0.05, 0) is 283 Å². The number of phenols is 10. The smallest absolute Gasteiger partial charge is 0.373 e. The molecule has 31 N–H and O–H groups in total. The quantitative estimate of drug-likeness (QED) is 0.0184. The third-order valence-corrected chi connectivity index (χ3v) is 22.3. The molecule has 0 saturated heterocycles. The summed E-state index contributed by atoms with van der Waals surface area (Å²) in [5.41, 5.74) is 66.8. The van der Waals surface area contributed by atoms with Crippen LogP contribution in [0.4, 0.5) is 85.8 Å². The zero-order valence-electron chi connectivity index (χ0n) is 66.7. The summed E-state index contributed by atoms with van der Waals surface area (Å²) in [6, 6.07) is 16.0. The van der Waals surface area contributed by atoms with E-state index < -0.39 is 72.4 Å². The van der Waals surface area contributed by atoms with Gasteiger partial charge in [0.2, 0.25) is 5.82 Å². The van der Waals surface area contributed by atoms with Crippen LogP contribution in [0.1, 0.15) is 92.1 Å². The van der Waals surface area contributed by atoms with Gasteiger partial charge in [0.05, 0.1) is 72.0 Å². The van der Waals surface area contributed by atoms with E-state index in [1.54, 1.807) is 49.4 Å². The fourth-order valence-corrected chi connectivity index (χ4v) is 12.9. The predicted octanol–water partition coefficient (Wildman–Crippen LogP) is 20.0. The summed E-state index contributed by atoms with van der Waals surface area (Å²) in [5.74, 6) is -5.90. The Bertz CT molecular complexity index is 4920. The number of rotatable bonds is 6. The van der Waals surface area contributed by atoms with E-state index in [9.17, 15) is 73.5 Å². The van der Waals surface area contributed by atoms with Crippen molar-refractivity contribution in [1.82, 2.24) is 0 Å². The zero-order valence-corrected chi connectivity index (χ0v) is 77.7. The fourth-order valence-electron chi connectivity index (χ4n) is 9.04. The van der Waals surface area contributed by atoms with Gasteiger partial charge in [-0.2, -0.15) is 14.0 Å². The zero-order chi connectivity index (χ0) is 94.6. The van der Waals surface area contributed by atoms with E-state index in [0.717, 1.165) is 84.7 Å². The Hall–Kier alpha value is -10.6. The molecule has 43 heteroatoms. The standard InChI is InChI=1S/C10H14BrNO.C9H13NO2.C9H13NO.C8H9Br2NO2.C8H11NO.C7H7Br2NO.C7H7Cl2NO.C7H7N3O5.C6H4Cl2FNO.C6H4F3NO.CO2/c1-5(2)7-4-8(12)6(3)9(11)10(7)13;1-5-6(2)9(11)8(12-3)4-7(5)10;1-5-4-8(10)6(2)7(3)9(5)11;9-5-3-6(11)4(1-2-12)7(10)8(5)13;1-5-4-8(10)6(2)3-7(5)9;1-3-5(10)2-4(8)7(11)6(3)9;1-3-2-4(10)5(8)6(9)7(3)11;1-3-4(8)2-5(9(12)13)7(11)6(3)10(14)15;7-2-1-3(10)5(9)4(8)6(2)11;7-2-1-3(10)4(8)5(9)6(2)11;2-1-3/h4-5,13H,12H2,1-3H3;4,11H,10H2,1-3H3;4,11H,10H2,1-3H3;3,12-13H,1-2,11H2;3-4,10H,9H2,1-2H3;2*2,11H,10H2,1H3;2,11H,8H2,1H3;2*1,11H,10H2;. The van der Waals surface area contributed by atoms with Crippen molar-refractivity contribution < 1.29 is 97.9 Å². The maximum atomic E-state index is 12.7. The summed E-state index contributed by atoms with van der Waals surface area (Å²) in [5, 5.41) is 122. The molecule has 0 aromatic heterocycles. The lowest BCUT2D eigenvalue weighted by Crippen LogP contribution is -2.00. The highest BCUT2D eigenvalue weighted by atomic mass is 79.9. The molecule has 0 atom stereocenters. The van der Waals surface area contributed by atoms with E-state index in [1.807, 2.05) is 82.2 Å². The van der Waals surface area contributed by atoms with E-state index in [1.165, 1.54) is 14.0 Å². The van der Waals surface area contributed by atoms with Crippen LogP contribution in [-0.4, -0.2) is 85.9 Å². The lowest BCUT2D eigenvalue weighted by molar-refractivity contribution is -0.396. The number of carbonyl (C=O) groups excluding carboxylic acids is 2. The Morgan fingerprint density at radius 3 is 1.31 bits per heavy atom. The fraction of sp³-hybridized carbons (Fsp3) is 0.218. The van der Waals surface area contributed by atoms with Gasteiger partial charge >= 0.3 is 17.5 Å². The first-order chi connectivity index (χ1) is 55.7. The first-order valence-electron chi connectivity index (χ1n) is 33.7. The summed E-state index contributed by atoms with van der Waals surface area (Å²) in [4.78, 5) is 35.4. The highest BCUT2D eigenvalue weighted by Crippen LogP contribution is 2.45. The van der Waals surface area contributed by atoms with Crippen molar-refractivity contribution >= 4 is 200 Å². The average molecular weight is 2100 g/mol. The number of aromatic hydroxyl groups is 10. The predicted molar refractivity (Wildman–Crippen MR) is 485 cm³/mol. The highest BCUT2D eigenvalue weighted by Gasteiger charge is 2.29. The number of aliphatic hydroxyl groups is 1. The molecule has 0 aliphatic rings. The van der Waals surface area contributed by atoms with Gasteiger partial charge in [-0.15, -0.1) is 0 Å². The van der Waals surface area contributed by atoms with Crippen LogP contribution in [0.2, 0.25) is 20.1 Å². The average Bonchev–Trinajstić information content (AvgIpc) is 0.805. The molecule has 0 heterocycles. The van der Waals surface area contributed by atoms with Crippen molar-refractivity contribution in [3.8, 4) is 63.2 Å². The van der Waals surface area contributed by atoms with Crippen LogP contribution in [0, 0.1) is 120 Å². The number of methoxy groups -OCH3 is 1. The molecule has 0 aliphatic heterocycles. The molecule has 121 heavy (non-hydrogen) atoms. The largest absolute Gasteiger partial charge is 0.508 e. The summed E-state index contributed by atoms with van der Waals surface area (Å²) in [6.45, 7) is 23.8. The van der Waals surface area contributed by atoms with Crippen molar-refractivity contribution in [3.63, 3.8) is 0 Å². The second kappa shape index (κ2) is 50.0. The van der Waals surface area contributed by atoms with E-state index >= 15 is 0 Å². The number of ether oxygens (including phenoxy) is 1. The molecule has 0 radical (unpaired) electrons. The van der Waals surface area contributed by atoms with Gasteiger partial charge < -0.3 is 118 Å². The lowest BCUT2D eigenvalue weighted by atomic mass is 9.99. The van der Waals surface area contributed by atoms with Crippen LogP contribution in [0.25, 0.3) is 0 Å². The maximum absolute atomic E-state index is 12.7. The van der Waals surface area contributed by atoms with Gasteiger partial charge in [-0.25, -0.2) is 13.2 Å². The number of hydrogen-bond acceptors (Lipinski definition) is 28. The van der Waals surface area contributed by atoms with Crippen LogP contribution >= 0.6 is 126 Å². The molecule has 10 aromatic rings. The van der Waals surface area contributed by atoms with Crippen LogP contribution in [-0.2, 0) is 16.0 Å². The minimum Gasteiger partial charge on any atom is -0.508 e. The van der Waals surface area contributed by atoms with Crippen molar-refractivity contribution in [2.45, 2.75) is 102 Å². The monoisotopic (exact) mass is 2090 g/mol. The lowest BCUT2D eigenvalue weighted by Gasteiger charge is -2.13. The molecule has 0 unspecified atom stereocenters. The van der Waals surface area contributed by atoms with Gasteiger partial charge in [0.15, 0.2) is 40.4 Å². The molecule has 660 valence electrons. The molecule has 10 aromatic carbocycles. The summed E-state index contributed by atoms with van der Waals surface area (Å²) < 4.78 is 57.6. The Morgan fingerprint density at radius 1 is 0.413 bits per heavy atom. The van der Waals surface area contributed by atoms with Gasteiger partial charge in [0.25, 0.3) is 5.75 Å². The van der Waals surface area contributed by atoms with E-state index in [2.05, 4.69) is 79.6 Å². The molecule has 0 fully saturated rings. The van der Waals surface area contributed by atoms with E-state index in [0.29, 0.717) is 91.8 Å². The molecule has 0 amide bonds. The Morgan fingerprint density at radius 2 is 0.835 bits per heavy atom. The van der Waals surface area contributed by atoms with Crippen LogP contribution < -0.4 is 62.1 Å². The van der Waals surface area contributed by atoms with Crippen LogP contribution in [0.3, 0.4) is 0 Å². The third-order valence-electron chi connectivity index (χ3n) is 16.8. The molecule has 0 aliphatic carbocycles. The second-order valence-corrected chi connectivity index (χ2v) is 31.1. The molecular formula is C78H89Br5Cl4F4N12O18. The maximum Gasteiger partial charge on any atom is 0.373 e. The Labute approximate surface area is 754 Å². The Balaban J connectivity index is 0.00000132. The number of nitro benzene ring substituents is 2. The third kappa shape index (κ3) is 30.8. The number of aryl methyl sites for hydroxylation is 4. The summed E-state index contributed by atoms with van der Waals surface area (Å²) in [6.07, 6.45) is 0.674. The number of benzene rings is 10. The van der Waals surface area contributed by atoms with Crippen molar-refractivity contribution in [3.05, 3.63) is 225 Å². The number of halogens is 13. The van der Waals surface area contributed by atoms with Gasteiger partial charge in [-0.1, -0.05) is 60.3 Å². The molecule has 0 bridgehead atoms. The summed E-state index contributed by atoms with van der Waals surface area (Å²) in [7, 11) is 1.50. The van der Waals surface area contributed by atoms with E-state index in [-0.39, 0.29) is 73.7 Å². The number of phenolic OH excluding ortho intramolecular Hbond substituents is 10. The normalized spacial score (nSPS) is 9.96. The number of nitrogens with zero attached hydrogens (tertiary/aromatic N) is 2. The van der Waals surface area contributed by atoms with Gasteiger partial charge in [-0.3, -0.25) is 20.2 Å². The van der Waals surface area contributed by atoms with Gasteiger partial charge in [0, 0.05) is 64.6 Å². The number of anilines is 10. The van der Waals surface area contributed by atoms with Crippen molar-refractivity contribution in [2.75, 3.05) is 71.1 Å². The molecular weight excluding hydrogens is 2010 g/mol. The minimum absolute atomic E-state index is 0.00287. The molecule has 0 saturated carbocycles. The minimum atomic E-state index is -1.66. The summed E-state index contributed by atoms with van der Waals surface area (Å²) >= 11 is 38.1. The Kier molecular flexibility index (Phi) is 45.6. The molecule has 10 rings (SSSR count). The van der Waals surface area contributed by atoms with E-state index in [4.69, 9.17) is 138 Å². The first kappa shape index (κ1) is 110. The number of nitrogens with two attached hydrogens (primary N) is 10. The topological polar surface area (TPSA) is 612 Å².